The van der Waals surface area contributed by atoms with Crippen LogP contribution in [0.5, 0.6) is 0 Å². The van der Waals surface area contributed by atoms with Crippen molar-refractivity contribution in [3.8, 4) is 0 Å². The van der Waals surface area contributed by atoms with E-state index in [1.54, 1.807) is 0 Å². The molecule has 14 heavy (non-hydrogen) atoms. The molecule has 1 heteroatoms. The van der Waals surface area contributed by atoms with Gasteiger partial charge in [0.05, 0.1) is 0 Å². The van der Waals surface area contributed by atoms with Gasteiger partial charge in [-0.05, 0) is 50.6 Å². The van der Waals surface area contributed by atoms with Crippen LogP contribution in [-0.2, 0) is 0 Å². The van der Waals surface area contributed by atoms with Crippen LogP contribution in [0, 0.1) is 11.8 Å². The summed E-state index contributed by atoms with van der Waals surface area (Å²) in [5.41, 5.74) is 0. The molecule has 2 atom stereocenters. The van der Waals surface area contributed by atoms with Gasteiger partial charge in [-0.2, -0.15) is 0 Å². The van der Waals surface area contributed by atoms with E-state index in [1.165, 1.54) is 51.6 Å². The van der Waals surface area contributed by atoms with E-state index in [2.05, 4.69) is 24.9 Å². The highest BCUT2D eigenvalue weighted by molar-refractivity contribution is 4.81. The lowest BCUT2D eigenvalue weighted by atomic mass is 9.91. The van der Waals surface area contributed by atoms with E-state index in [4.69, 9.17) is 0 Å². The van der Waals surface area contributed by atoms with E-state index in [0.717, 1.165) is 11.8 Å². The molecule has 0 bridgehead atoms. The van der Waals surface area contributed by atoms with E-state index in [-0.39, 0.29) is 0 Å². The Morgan fingerprint density at radius 1 is 1.36 bits per heavy atom. The molecule has 0 saturated heterocycles. The second-order valence-electron chi connectivity index (χ2n) is 4.52. The van der Waals surface area contributed by atoms with Crippen molar-refractivity contribution in [3.05, 3.63) is 12.7 Å². The predicted octanol–water partition coefficient (Wildman–Crippen LogP) is 3.37. The molecule has 1 N–H and O–H groups in total. The molecule has 2 unspecified atom stereocenters. The van der Waals surface area contributed by atoms with Gasteiger partial charge in [-0.15, -0.1) is 6.58 Å². The van der Waals surface area contributed by atoms with Crippen LogP contribution >= 0.6 is 0 Å². The van der Waals surface area contributed by atoms with Crippen molar-refractivity contribution in [1.29, 1.82) is 0 Å². The zero-order chi connectivity index (χ0) is 10.2. The predicted molar refractivity (Wildman–Crippen MR) is 63.4 cm³/mol. The third kappa shape index (κ3) is 3.83. The molecule has 1 fully saturated rings. The smallest absolute Gasteiger partial charge is 0.00179 e. The molecule has 1 saturated carbocycles. The van der Waals surface area contributed by atoms with Gasteiger partial charge >= 0.3 is 0 Å². The Balaban J connectivity index is 2.17. The number of hydrogen-bond acceptors (Lipinski definition) is 1. The summed E-state index contributed by atoms with van der Waals surface area (Å²) in [5.74, 6) is 1.92. The van der Waals surface area contributed by atoms with E-state index >= 15 is 0 Å². The molecule has 1 aliphatic carbocycles. The highest BCUT2D eigenvalue weighted by Crippen LogP contribution is 2.34. The molecule has 1 rings (SSSR count). The van der Waals surface area contributed by atoms with Crippen LogP contribution in [0.3, 0.4) is 0 Å². The lowest BCUT2D eigenvalue weighted by Gasteiger charge is -2.19. The fourth-order valence-corrected chi connectivity index (χ4v) is 2.56. The van der Waals surface area contributed by atoms with Crippen molar-refractivity contribution < 1.29 is 0 Å². The van der Waals surface area contributed by atoms with Crippen LogP contribution in [0.25, 0.3) is 0 Å². The molecule has 0 aromatic carbocycles. The summed E-state index contributed by atoms with van der Waals surface area (Å²) in [7, 11) is 0. The lowest BCUT2D eigenvalue weighted by molar-refractivity contribution is 0.350. The topological polar surface area (TPSA) is 12.0 Å². The summed E-state index contributed by atoms with van der Waals surface area (Å²) in [6.07, 6.45) is 10.2. The third-order valence-corrected chi connectivity index (χ3v) is 3.39. The molecular formula is C13H25N. The summed E-state index contributed by atoms with van der Waals surface area (Å²) in [5, 5.41) is 3.56. The maximum absolute atomic E-state index is 3.81. The Hall–Kier alpha value is -0.300. The first-order chi connectivity index (χ1) is 6.88. The maximum atomic E-state index is 3.81. The number of hydrogen-bond donors (Lipinski definition) is 1. The average Bonchev–Trinajstić information content (AvgIpc) is 2.63. The summed E-state index contributed by atoms with van der Waals surface area (Å²) >= 11 is 0. The average molecular weight is 195 g/mol. The number of allylic oxidation sites excluding steroid dienone is 1. The van der Waals surface area contributed by atoms with Crippen LogP contribution in [0.2, 0.25) is 0 Å². The zero-order valence-electron chi connectivity index (χ0n) is 9.60. The van der Waals surface area contributed by atoms with Gasteiger partial charge in [-0.1, -0.05) is 25.8 Å². The number of rotatable bonds is 7. The Morgan fingerprint density at radius 3 is 2.86 bits per heavy atom. The molecule has 0 heterocycles. The first-order valence-electron chi connectivity index (χ1n) is 6.20. The van der Waals surface area contributed by atoms with Gasteiger partial charge in [-0.3, -0.25) is 0 Å². The summed E-state index contributed by atoms with van der Waals surface area (Å²) < 4.78 is 0. The molecule has 0 radical (unpaired) electrons. The molecule has 0 aromatic rings. The second-order valence-corrected chi connectivity index (χ2v) is 4.52. The van der Waals surface area contributed by atoms with Gasteiger partial charge in [0, 0.05) is 0 Å². The van der Waals surface area contributed by atoms with Gasteiger partial charge in [0.25, 0.3) is 0 Å². The first-order valence-corrected chi connectivity index (χ1v) is 6.20. The minimum absolute atomic E-state index is 0.946. The first kappa shape index (κ1) is 11.8. The van der Waals surface area contributed by atoms with Crippen molar-refractivity contribution in [2.75, 3.05) is 13.1 Å². The quantitative estimate of drug-likeness (QED) is 0.485. The molecule has 0 aromatic heterocycles. The monoisotopic (exact) mass is 195 g/mol. The molecule has 0 aliphatic heterocycles. The van der Waals surface area contributed by atoms with Crippen molar-refractivity contribution >= 4 is 0 Å². The third-order valence-electron chi connectivity index (χ3n) is 3.39. The molecule has 0 spiro atoms. The zero-order valence-corrected chi connectivity index (χ0v) is 9.60. The largest absolute Gasteiger partial charge is 0.316 e. The fraction of sp³-hybridized carbons (Fsp3) is 0.846. The Labute approximate surface area is 89.0 Å². The summed E-state index contributed by atoms with van der Waals surface area (Å²) in [6.45, 7) is 8.47. The Bertz CT molecular complexity index is 153. The molecule has 0 amide bonds. The minimum atomic E-state index is 0.946. The second kappa shape index (κ2) is 7.05. The fourth-order valence-electron chi connectivity index (χ4n) is 2.56. The summed E-state index contributed by atoms with van der Waals surface area (Å²) in [4.78, 5) is 0. The molecular weight excluding hydrogens is 170 g/mol. The standard InChI is InChI=1S/C13H25N/c1-3-5-7-12-8-6-9-13(12)11-14-10-4-2/h3,12-14H,1,4-11H2,2H3. The Morgan fingerprint density at radius 2 is 2.14 bits per heavy atom. The number of nitrogens with one attached hydrogen (secondary N) is 1. The highest BCUT2D eigenvalue weighted by atomic mass is 14.9. The van der Waals surface area contributed by atoms with Gasteiger partial charge < -0.3 is 5.32 Å². The van der Waals surface area contributed by atoms with E-state index < -0.39 is 0 Å². The van der Waals surface area contributed by atoms with Gasteiger partial charge in [0.1, 0.15) is 0 Å². The van der Waals surface area contributed by atoms with Crippen molar-refractivity contribution in [2.24, 2.45) is 11.8 Å². The van der Waals surface area contributed by atoms with E-state index in [0.29, 0.717) is 0 Å². The Kier molecular flexibility index (Phi) is 5.93. The van der Waals surface area contributed by atoms with Crippen LogP contribution in [0.1, 0.15) is 45.4 Å². The van der Waals surface area contributed by atoms with Crippen LogP contribution in [-0.4, -0.2) is 13.1 Å². The minimum Gasteiger partial charge on any atom is -0.316 e. The lowest BCUT2D eigenvalue weighted by Crippen LogP contribution is -2.25. The van der Waals surface area contributed by atoms with Crippen molar-refractivity contribution in [1.82, 2.24) is 5.32 Å². The maximum Gasteiger partial charge on any atom is -0.00179 e. The van der Waals surface area contributed by atoms with Crippen LogP contribution in [0.4, 0.5) is 0 Å². The van der Waals surface area contributed by atoms with Crippen LogP contribution < -0.4 is 5.32 Å². The molecule has 1 aliphatic rings. The van der Waals surface area contributed by atoms with Gasteiger partial charge in [-0.25, -0.2) is 0 Å². The SMILES string of the molecule is C=CCCC1CCCC1CNCCC. The summed E-state index contributed by atoms with van der Waals surface area (Å²) in [6, 6.07) is 0. The highest BCUT2D eigenvalue weighted by Gasteiger charge is 2.25. The molecule has 82 valence electrons. The van der Waals surface area contributed by atoms with Crippen LogP contribution in [0.15, 0.2) is 12.7 Å². The van der Waals surface area contributed by atoms with Gasteiger partial charge in [0.2, 0.25) is 0 Å². The van der Waals surface area contributed by atoms with E-state index in [9.17, 15) is 0 Å². The normalized spacial score (nSPS) is 26.6. The molecule has 1 nitrogen and oxygen atoms in total. The van der Waals surface area contributed by atoms with Crippen molar-refractivity contribution in [3.63, 3.8) is 0 Å². The van der Waals surface area contributed by atoms with Gasteiger partial charge in [0.15, 0.2) is 0 Å². The van der Waals surface area contributed by atoms with Crippen molar-refractivity contribution in [2.45, 2.75) is 45.4 Å². The van der Waals surface area contributed by atoms with E-state index in [1.807, 2.05) is 0 Å².